The molecule has 2 aliphatic rings. The van der Waals surface area contributed by atoms with Crippen molar-refractivity contribution >= 4 is 17.7 Å². The van der Waals surface area contributed by atoms with Gasteiger partial charge in [-0.2, -0.15) is 13.2 Å². The minimum absolute atomic E-state index is 0.0224. The van der Waals surface area contributed by atoms with Gasteiger partial charge in [-0.25, -0.2) is 0 Å². The Labute approximate surface area is 154 Å². The van der Waals surface area contributed by atoms with Crippen LogP contribution in [0.1, 0.15) is 34.4 Å². The SMILES string of the molecule is O=C([C@H]1C[C@H]1c1ccccc1)N1CCS[C@H]1c1ccccc1C(F)(F)F. The van der Waals surface area contributed by atoms with Gasteiger partial charge in [0, 0.05) is 18.2 Å². The monoisotopic (exact) mass is 377 g/mol. The summed E-state index contributed by atoms with van der Waals surface area (Å²) in [6.07, 6.45) is -3.64. The smallest absolute Gasteiger partial charge is 0.325 e. The van der Waals surface area contributed by atoms with Crippen LogP contribution in [-0.4, -0.2) is 23.1 Å². The Morgan fingerprint density at radius 2 is 1.73 bits per heavy atom. The molecule has 2 nitrogen and oxygen atoms in total. The molecule has 1 aliphatic heterocycles. The highest BCUT2D eigenvalue weighted by molar-refractivity contribution is 7.99. The minimum Gasteiger partial charge on any atom is -0.325 e. The zero-order chi connectivity index (χ0) is 18.3. The first kappa shape index (κ1) is 17.5. The average molecular weight is 377 g/mol. The van der Waals surface area contributed by atoms with Crippen molar-refractivity contribution < 1.29 is 18.0 Å². The summed E-state index contributed by atoms with van der Waals surface area (Å²) in [5, 5.41) is -0.558. The fourth-order valence-corrected chi connectivity index (χ4v) is 4.97. The number of carbonyl (C=O) groups is 1. The van der Waals surface area contributed by atoms with Crippen molar-refractivity contribution in [3.05, 3.63) is 71.3 Å². The molecule has 0 bridgehead atoms. The molecule has 2 aromatic carbocycles. The number of carbonyl (C=O) groups excluding carboxylic acids is 1. The average Bonchev–Trinajstić information content (AvgIpc) is 3.29. The molecule has 1 saturated heterocycles. The second kappa shape index (κ2) is 6.65. The number of nitrogens with zero attached hydrogens (tertiary/aromatic N) is 1. The molecule has 4 rings (SSSR count). The topological polar surface area (TPSA) is 20.3 Å². The second-order valence-electron chi connectivity index (χ2n) is 6.70. The summed E-state index contributed by atoms with van der Waals surface area (Å²) in [5.74, 6) is 0.709. The number of benzene rings is 2. The Bertz CT molecular complexity index is 808. The fourth-order valence-electron chi connectivity index (χ4n) is 3.67. The molecule has 136 valence electrons. The Morgan fingerprint density at radius 1 is 1.04 bits per heavy atom. The summed E-state index contributed by atoms with van der Waals surface area (Å²) < 4.78 is 40.1. The van der Waals surface area contributed by atoms with E-state index in [4.69, 9.17) is 0 Å². The lowest BCUT2D eigenvalue weighted by atomic mass is 10.1. The fraction of sp³-hybridized carbons (Fsp3) is 0.350. The number of amides is 1. The van der Waals surface area contributed by atoms with Gasteiger partial charge in [-0.15, -0.1) is 11.8 Å². The van der Waals surface area contributed by atoms with E-state index < -0.39 is 17.1 Å². The first-order chi connectivity index (χ1) is 12.5. The number of hydrogen-bond acceptors (Lipinski definition) is 2. The van der Waals surface area contributed by atoms with Crippen LogP contribution in [0.2, 0.25) is 0 Å². The van der Waals surface area contributed by atoms with Gasteiger partial charge in [-0.1, -0.05) is 48.5 Å². The lowest BCUT2D eigenvalue weighted by molar-refractivity contribution is -0.140. The van der Waals surface area contributed by atoms with Crippen LogP contribution in [0.25, 0.3) is 0 Å². The van der Waals surface area contributed by atoms with Crippen LogP contribution in [0.4, 0.5) is 13.2 Å². The molecule has 1 amide bonds. The summed E-state index contributed by atoms with van der Waals surface area (Å²) in [5.41, 5.74) is 0.672. The molecule has 0 unspecified atom stereocenters. The first-order valence-corrected chi connectivity index (χ1v) is 9.65. The van der Waals surface area contributed by atoms with Crippen LogP contribution in [-0.2, 0) is 11.0 Å². The number of hydrogen-bond donors (Lipinski definition) is 0. The lowest BCUT2D eigenvalue weighted by Gasteiger charge is -2.26. The predicted molar refractivity (Wildman–Crippen MR) is 95.6 cm³/mol. The van der Waals surface area contributed by atoms with Crippen molar-refractivity contribution in [2.75, 3.05) is 12.3 Å². The van der Waals surface area contributed by atoms with Crippen molar-refractivity contribution in [1.82, 2.24) is 4.90 Å². The summed E-state index contributed by atoms with van der Waals surface area (Å²) in [7, 11) is 0. The van der Waals surface area contributed by atoms with Gasteiger partial charge in [0.15, 0.2) is 0 Å². The quantitative estimate of drug-likeness (QED) is 0.743. The van der Waals surface area contributed by atoms with Crippen molar-refractivity contribution in [1.29, 1.82) is 0 Å². The Balaban J connectivity index is 1.56. The van der Waals surface area contributed by atoms with Gasteiger partial charge in [0.05, 0.1) is 5.56 Å². The zero-order valence-electron chi connectivity index (χ0n) is 13.9. The largest absolute Gasteiger partial charge is 0.416 e. The molecule has 1 aliphatic carbocycles. The van der Waals surface area contributed by atoms with E-state index >= 15 is 0 Å². The standard InChI is InChI=1S/C20H18F3NOS/c21-20(22,23)17-9-5-4-8-14(17)19-24(10-11-26-19)18(25)16-12-15(16)13-6-2-1-3-7-13/h1-9,15-16,19H,10-12H2/t15-,16-,19-/m0/s1. The highest BCUT2D eigenvalue weighted by atomic mass is 32.2. The molecule has 0 spiro atoms. The van der Waals surface area contributed by atoms with Crippen molar-refractivity contribution in [2.45, 2.75) is 23.9 Å². The summed E-state index contributed by atoms with van der Waals surface area (Å²) in [6.45, 7) is 0.498. The summed E-state index contributed by atoms with van der Waals surface area (Å²) in [6, 6.07) is 15.4. The van der Waals surface area contributed by atoms with Gasteiger partial charge < -0.3 is 4.90 Å². The van der Waals surface area contributed by atoms with Crippen molar-refractivity contribution in [3.8, 4) is 0 Å². The van der Waals surface area contributed by atoms with Crippen LogP contribution < -0.4 is 0 Å². The maximum absolute atomic E-state index is 13.4. The van der Waals surface area contributed by atoms with E-state index in [9.17, 15) is 18.0 Å². The van der Waals surface area contributed by atoms with E-state index in [1.54, 1.807) is 11.0 Å². The van der Waals surface area contributed by atoms with Gasteiger partial charge >= 0.3 is 6.18 Å². The van der Waals surface area contributed by atoms with E-state index in [2.05, 4.69) is 0 Å². The van der Waals surface area contributed by atoms with E-state index in [1.807, 2.05) is 30.3 Å². The molecular weight excluding hydrogens is 359 g/mol. The number of alkyl halides is 3. The van der Waals surface area contributed by atoms with Gasteiger partial charge in [0.2, 0.25) is 5.91 Å². The molecule has 1 heterocycles. The molecule has 0 aromatic heterocycles. The molecule has 6 heteroatoms. The van der Waals surface area contributed by atoms with Gasteiger partial charge in [-0.3, -0.25) is 4.79 Å². The lowest BCUT2D eigenvalue weighted by Crippen LogP contribution is -2.32. The van der Waals surface area contributed by atoms with E-state index in [0.29, 0.717) is 12.3 Å². The molecular formula is C20H18F3NOS. The zero-order valence-corrected chi connectivity index (χ0v) is 14.8. The molecule has 26 heavy (non-hydrogen) atoms. The molecule has 0 radical (unpaired) electrons. The normalized spacial score (nSPS) is 25.3. The maximum atomic E-state index is 13.4. The number of halogens is 3. The molecule has 2 aromatic rings. The highest BCUT2D eigenvalue weighted by Crippen LogP contribution is 2.51. The third kappa shape index (κ3) is 3.22. The minimum atomic E-state index is -4.42. The van der Waals surface area contributed by atoms with Crippen LogP contribution >= 0.6 is 11.8 Å². The van der Waals surface area contributed by atoms with Gasteiger partial charge in [0.25, 0.3) is 0 Å². The van der Waals surface area contributed by atoms with Crippen LogP contribution in [0.3, 0.4) is 0 Å². The van der Waals surface area contributed by atoms with Crippen LogP contribution in [0.5, 0.6) is 0 Å². The third-order valence-electron chi connectivity index (χ3n) is 5.04. The van der Waals surface area contributed by atoms with Gasteiger partial charge in [0.1, 0.15) is 5.37 Å². The maximum Gasteiger partial charge on any atom is 0.416 e. The molecule has 0 N–H and O–H groups in total. The van der Waals surface area contributed by atoms with Crippen LogP contribution in [0, 0.1) is 5.92 Å². The summed E-state index contributed by atoms with van der Waals surface area (Å²) >= 11 is 1.41. The van der Waals surface area contributed by atoms with Crippen molar-refractivity contribution in [3.63, 3.8) is 0 Å². The molecule has 3 atom stereocenters. The number of thioether (sulfide) groups is 1. The van der Waals surface area contributed by atoms with Gasteiger partial charge in [-0.05, 0) is 29.5 Å². The first-order valence-electron chi connectivity index (χ1n) is 8.60. The van der Waals surface area contributed by atoms with E-state index in [-0.39, 0.29) is 23.3 Å². The Morgan fingerprint density at radius 3 is 2.46 bits per heavy atom. The van der Waals surface area contributed by atoms with E-state index in [0.717, 1.165) is 18.1 Å². The summed E-state index contributed by atoms with van der Waals surface area (Å²) in [4.78, 5) is 14.6. The number of rotatable bonds is 3. The molecule has 1 saturated carbocycles. The highest BCUT2D eigenvalue weighted by Gasteiger charge is 2.48. The predicted octanol–water partition coefficient (Wildman–Crippen LogP) is 5.08. The molecule has 2 fully saturated rings. The van der Waals surface area contributed by atoms with E-state index in [1.165, 1.54) is 23.9 Å². The Kier molecular flexibility index (Phi) is 4.47. The third-order valence-corrected chi connectivity index (χ3v) is 6.28. The second-order valence-corrected chi connectivity index (χ2v) is 7.89. The van der Waals surface area contributed by atoms with Crippen molar-refractivity contribution in [2.24, 2.45) is 5.92 Å². The van der Waals surface area contributed by atoms with Crippen LogP contribution in [0.15, 0.2) is 54.6 Å². The Hall–Kier alpha value is -1.95.